The Morgan fingerprint density at radius 3 is 2.19 bits per heavy atom. The van der Waals surface area contributed by atoms with Crippen molar-refractivity contribution in [2.45, 2.75) is 47.6 Å². The van der Waals surface area contributed by atoms with Gasteiger partial charge in [-0.1, -0.05) is 44.5 Å². The fraction of sp³-hybridized carbons (Fsp3) is 0.409. The number of halogens is 1. The first kappa shape index (κ1) is 20.3. The van der Waals surface area contributed by atoms with Crippen molar-refractivity contribution in [2.75, 3.05) is 11.9 Å². The summed E-state index contributed by atoms with van der Waals surface area (Å²) in [5.74, 6) is 1.04. The van der Waals surface area contributed by atoms with Gasteiger partial charge in [0.15, 0.2) is 5.78 Å². The molecule has 0 amide bonds. The van der Waals surface area contributed by atoms with E-state index in [0.29, 0.717) is 19.6 Å². The van der Waals surface area contributed by atoms with E-state index in [0.717, 1.165) is 33.1 Å². The first-order chi connectivity index (χ1) is 12.1. The molecule has 0 aliphatic carbocycles. The van der Waals surface area contributed by atoms with Crippen molar-refractivity contribution < 1.29 is 9.53 Å². The Morgan fingerprint density at radius 1 is 1.08 bits per heavy atom. The van der Waals surface area contributed by atoms with Crippen LogP contribution in [0.15, 0.2) is 36.4 Å². The fourth-order valence-electron chi connectivity index (χ4n) is 2.87. The van der Waals surface area contributed by atoms with E-state index in [9.17, 15) is 4.79 Å². The molecule has 0 radical (unpaired) electrons. The van der Waals surface area contributed by atoms with Gasteiger partial charge in [-0.05, 0) is 60.2 Å². The highest BCUT2D eigenvalue weighted by Crippen LogP contribution is 2.27. The van der Waals surface area contributed by atoms with Crippen LogP contribution in [0.4, 0.5) is 5.69 Å². The first-order valence-corrected chi connectivity index (χ1v) is 9.26. The summed E-state index contributed by atoms with van der Waals surface area (Å²) in [5, 5.41) is 4.01. The molecule has 0 aliphatic heterocycles. The van der Waals surface area contributed by atoms with Gasteiger partial charge in [-0.25, -0.2) is 0 Å². The highest BCUT2D eigenvalue weighted by atomic mass is 35.5. The highest BCUT2D eigenvalue weighted by molar-refractivity contribution is 6.30. The molecule has 0 spiro atoms. The second-order valence-electron chi connectivity index (χ2n) is 7.98. The summed E-state index contributed by atoms with van der Waals surface area (Å²) in [7, 11) is 0. The predicted octanol–water partition coefficient (Wildman–Crippen LogP) is 5.95. The number of carbonyl (C=O) groups excluding carboxylic acids is 1. The number of anilines is 1. The van der Waals surface area contributed by atoms with Crippen LogP contribution in [0.3, 0.4) is 0 Å². The number of hydrogen-bond donors (Lipinski definition) is 1. The van der Waals surface area contributed by atoms with Crippen LogP contribution in [-0.2, 0) is 11.4 Å². The maximum Gasteiger partial charge on any atom is 0.152 e. The molecule has 0 unspecified atom stereocenters. The van der Waals surface area contributed by atoms with Gasteiger partial charge in [0.2, 0.25) is 0 Å². The Kier molecular flexibility index (Phi) is 6.71. The summed E-state index contributed by atoms with van der Waals surface area (Å²) in [5.41, 5.74) is 4.23. The second-order valence-corrected chi connectivity index (χ2v) is 8.41. The van der Waals surface area contributed by atoms with E-state index in [1.807, 2.05) is 50.2 Å². The number of rotatable bonds is 7. The first-order valence-electron chi connectivity index (χ1n) is 8.88. The van der Waals surface area contributed by atoms with E-state index >= 15 is 0 Å². The lowest BCUT2D eigenvalue weighted by atomic mass is 9.90. The van der Waals surface area contributed by atoms with Crippen LogP contribution >= 0.6 is 11.6 Å². The smallest absolute Gasteiger partial charge is 0.152 e. The minimum Gasteiger partial charge on any atom is -0.489 e. The van der Waals surface area contributed by atoms with E-state index in [2.05, 4.69) is 26.1 Å². The molecule has 1 N–H and O–H groups in total. The van der Waals surface area contributed by atoms with Gasteiger partial charge in [0.25, 0.3) is 0 Å². The molecule has 0 heterocycles. The third kappa shape index (κ3) is 6.38. The molecule has 0 aromatic heterocycles. The molecule has 3 nitrogen and oxygen atoms in total. The molecule has 2 aromatic carbocycles. The van der Waals surface area contributed by atoms with Crippen LogP contribution in [0.2, 0.25) is 5.02 Å². The highest BCUT2D eigenvalue weighted by Gasteiger charge is 2.16. The number of carbonyl (C=O) groups is 1. The maximum atomic E-state index is 12.1. The van der Waals surface area contributed by atoms with Crippen molar-refractivity contribution in [1.29, 1.82) is 0 Å². The van der Waals surface area contributed by atoms with Gasteiger partial charge in [-0.2, -0.15) is 0 Å². The number of hydrogen-bond acceptors (Lipinski definition) is 3. The van der Waals surface area contributed by atoms with Crippen LogP contribution in [0.25, 0.3) is 0 Å². The predicted molar refractivity (Wildman–Crippen MR) is 109 cm³/mol. The second kappa shape index (κ2) is 8.59. The number of ketones is 1. The van der Waals surface area contributed by atoms with E-state index < -0.39 is 0 Å². The zero-order valence-corrected chi connectivity index (χ0v) is 17.0. The quantitative estimate of drug-likeness (QED) is 0.651. The number of ether oxygens (including phenoxy) is 1. The molecule has 0 fully saturated rings. The molecule has 0 atom stereocenters. The van der Waals surface area contributed by atoms with Crippen LogP contribution in [-0.4, -0.2) is 12.3 Å². The minimum atomic E-state index is 0.0161. The van der Waals surface area contributed by atoms with Crippen LogP contribution in [0, 0.1) is 19.3 Å². The molecular formula is C22H28ClNO2. The van der Waals surface area contributed by atoms with E-state index in [4.69, 9.17) is 16.3 Å². The topological polar surface area (TPSA) is 38.3 Å². The average Bonchev–Trinajstić information content (AvgIpc) is 2.52. The number of benzene rings is 2. The molecule has 0 saturated heterocycles. The summed E-state index contributed by atoms with van der Waals surface area (Å²) >= 11 is 5.90. The van der Waals surface area contributed by atoms with Crippen molar-refractivity contribution in [1.82, 2.24) is 0 Å². The zero-order chi connectivity index (χ0) is 19.3. The SMILES string of the molecule is Cc1cc(OCc2ccc(Cl)cc2)cc(C)c1NCC(=O)CC(C)(C)C. The molecule has 0 aliphatic rings. The third-order valence-electron chi connectivity index (χ3n) is 4.01. The maximum absolute atomic E-state index is 12.1. The number of Topliss-reactive ketones (excluding diaryl/α,β-unsaturated/α-hetero) is 1. The Bertz CT molecular complexity index is 738. The normalized spacial score (nSPS) is 11.3. The number of nitrogens with one attached hydrogen (secondary N) is 1. The molecule has 26 heavy (non-hydrogen) atoms. The number of aryl methyl sites for hydroxylation is 2. The lowest BCUT2D eigenvalue weighted by Gasteiger charge is -2.19. The van der Waals surface area contributed by atoms with Crippen molar-refractivity contribution in [3.63, 3.8) is 0 Å². The lowest BCUT2D eigenvalue weighted by Crippen LogP contribution is -2.20. The Labute approximate surface area is 161 Å². The standard InChI is InChI=1S/C22H28ClNO2/c1-15-10-20(26-14-17-6-8-18(23)9-7-17)11-16(2)21(15)24-13-19(25)12-22(3,4)5/h6-11,24H,12-14H2,1-5H3. The van der Waals surface area contributed by atoms with Crippen molar-refractivity contribution >= 4 is 23.1 Å². The van der Waals surface area contributed by atoms with Crippen molar-refractivity contribution in [3.05, 3.63) is 58.1 Å². The summed E-state index contributed by atoms with van der Waals surface area (Å²) in [6.07, 6.45) is 0.570. The van der Waals surface area contributed by atoms with Gasteiger partial charge in [0.05, 0.1) is 6.54 Å². The minimum absolute atomic E-state index is 0.0161. The monoisotopic (exact) mass is 373 g/mol. The fourth-order valence-corrected chi connectivity index (χ4v) is 3.00. The molecule has 0 bridgehead atoms. The van der Waals surface area contributed by atoms with Crippen molar-refractivity contribution in [2.24, 2.45) is 5.41 Å². The van der Waals surface area contributed by atoms with Gasteiger partial charge >= 0.3 is 0 Å². The molecular weight excluding hydrogens is 346 g/mol. The largest absolute Gasteiger partial charge is 0.489 e. The van der Waals surface area contributed by atoms with Gasteiger partial charge in [-0.15, -0.1) is 0 Å². The Morgan fingerprint density at radius 2 is 1.65 bits per heavy atom. The van der Waals surface area contributed by atoms with Gasteiger partial charge in [-0.3, -0.25) is 4.79 Å². The van der Waals surface area contributed by atoms with Gasteiger partial charge in [0.1, 0.15) is 12.4 Å². The van der Waals surface area contributed by atoms with Gasteiger partial charge < -0.3 is 10.1 Å². The van der Waals surface area contributed by atoms with Crippen LogP contribution in [0.1, 0.15) is 43.9 Å². The summed E-state index contributed by atoms with van der Waals surface area (Å²) in [4.78, 5) is 12.1. The molecule has 4 heteroatoms. The van der Waals surface area contributed by atoms with E-state index in [1.165, 1.54) is 0 Å². The Hall–Kier alpha value is -2.00. The van der Waals surface area contributed by atoms with Gasteiger partial charge in [0, 0.05) is 17.1 Å². The summed E-state index contributed by atoms with van der Waals surface area (Å²) in [6, 6.07) is 11.6. The molecule has 2 aromatic rings. The Balaban J connectivity index is 1.98. The molecule has 2 rings (SSSR count). The molecule has 0 saturated carbocycles. The van der Waals surface area contributed by atoms with Crippen LogP contribution in [0.5, 0.6) is 5.75 Å². The van der Waals surface area contributed by atoms with Crippen LogP contribution < -0.4 is 10.1 Å². The third-order valence-corrected chi connectivity index (χ3v) is 4.27. The zero-order valence-electron chi connectivity index (χ0n) is 16.3. The van der Waals surface area contributed by atoms with Crippen molar-refractivity contribution in [3.8, 4) is 5.75 Å². The average molecular weight is 374 g/mol. The van der Waals surface area contributed by atoms with E-state index in [1.54, 1.807) is 0 Å². The van der Waals surface area contributed by atoms with E-state index in [-0.39, 0.29) is 11.2 Å². The lowest BCUT2D eigenvalue weighted by molar-refractivity contribution is -0.119. The summed E-state index contributed by atoms with van der Waals surface area (Å²) in [6.45, 7) is 11.1. The molecule has 140 valence electrons. The summed E-state index contributed by atoms with van der Waals surface area (Å²) < 4.78 is 5.90.